The van der Waals surface area contributed by atoms with Crippen LogP contribution >= 0.6 is 11.6 Å². The summed E-state index contributed by atoms with van der Waals surface area (Å²) in [4.78, 5) is 14.4. The van der Waals surface area contributed by atoms with Crippen molar-refractivity contribution in [3.05, 3.63) is 64.7 Å². The summed E-state index contributed by atoms with van der Waals surface area (Å²) in [7, 11) is 1.63. The fourth-order valence-electron chi connectivity index (χ4n) is 2.83. The first-order valence-corrected chi connectivity index (χ1v) is 8.32. The van der Waals surface area contributed by atoms with Gasteiger partial charge in [-0.1, -0.05) is 41.9 Å². The number of ether oxygens (including phenoxy) is 2. The second kappa shape index (κ2) is 7.69. The van der Waals surface area contributed by atoms with E-state index in [9.17, 15) is 4.79 Å². The highest BCUT2D eigenvalue weighted by Gasteiger charge is 2.26. The van der Waals surface area contributed by atoms with Crippen molar-refractivity contribution in [1.29, 1.82) is 0 Å². The molecule has 0 radical (unpaired) electrons. The standard InChI is InChI=1S/C19H20ClNO3/c1-23-15-8-6-14(7-9-15)12-19(22)21-10-11-24-18(13-21)16-4-2-3-5-17(16)20/h2-9,18H,10-13H2,1H3. The molecule has 0 aliphatic carbocycles. The van der Waals surface area contributed by atoms with Crippen molar-refractivity contribution < 1.29 is 14.3 Å². The zero-order valence-corrected chi connectivity index (χ0v) is 14.3. The van der Waals surface area contributed by atoms with Crippen LogP contribution in [-0.2, 0) is 16.0 Å². The molecule has 0 spiro atoms. The molecule has 126 valence electrons. The Balaban J connectivity index is 1.65. The molecule has 5 heteroatoms. The summed E-state index contributed by atoms with van der Waals surface area (Å²) in [5.74, 6) is 0.886. The molecule has 0 aromatic heterocycles. The van der Waals surface area contributed by atoms with Crippen LogP contribution in [-0.4, -0.2) is 37.6 Å². The highest BCUT2D eigenvalue weighted by atomic mass is 35.5. The van der Waals surface area contributed by atoms with E-state index in [-0.39, 0.29) is 12.0 Å². The van der Waals surface area contributed by atoms with Gasteiger partial charge in [0.2, 0.25) is 5.91 Å². The van der Waals surface area contributed by atoms with Gasteiger partial charge in [-0.3, -0.25) is 4.79 Å². The maximum atomic E-state index is 12.6. The summed E-state index contributed by atoms with van der Waals surface area (Å²) in [5, 5.41) is 0.673. The Bertz CT molecular complexity index is 702. The molecule has 24 heavy (non-hydrogen) atoms. The predicted octanol–water partition coefficient (Wildman–Crippen LogP) is 3.49. The van der Waals surface area contributed by atoms with E-state index in [1.165, 1.54) is 0 Å². The van der Waals surface area contributed by atoms with Crippen LogP contribution < -0.4 is 4.74 Å². The zero-order valence-electron chi connectivity index (χ0n) is 13.6. The fourth-order valence-corrected chi connectivity index (χ4v) is 3.09. The van der Waals surface area contributed by atoms with Crippen LogP contribution in [0, 0.1) is 0 Å². The molecular formula is C19H20ClNO3. The first-order valence-electron chi connectivity index (χ1n) is 7.94. The molecule has 1 saturated heterocycles. The highest BCUT2D eigenvalue weighted by molar-refractivity contribution is 6.31. The van der Waals surface area contributed by atoms with E-state index in [4.69, 9.17) is 21.1 Å². The number of methoxy groups -OCH3 is 1. The minimum atomic E-state index is -0.174. The molecule has 1 aliphatic heterocycles. The number of halogens is 1. The Morgan fingerprint density at radius 3 is 2.71 bits per heavy atom. The van der Waals surface area contributed by atoms with Gasteiger partial charge in [0.15, 0.2) is 0 Å². The topological polar surface area (TPSA) is 38.8 Å². The van der Waals surface area contributed by atoms with Crippen molar-refractivity contribution in [2.24, 2.45) is 0 Å². The lowest BCUT2D eigenvalue weighted by atomic mass is 10.1. The van der Waals surface area contributed by atoms with Crippen molar-refractivity contribution in [2.75, 3.05) is 26.8 Å². The molecule has 2 aromatic rings. The van der Waals surface area contributed by atoms with Gasteiger partial charge in [-0.05, 0) is 23.8 Å². The normalized spacial score (nSPS) is 17.6. The van der Waals surface area contributed by atoms with Crippen LogP contribution in [0.1, 0.15) is 17.2 Å². The molecule has 0 bridgehead atoms. The van der Waals surface area contributed by atoms with Crippen molar-refractivity contribution in [3.8, 4) is 5.75 Å². The smallest absolute Gasteiger partial charge is 0.227 e. The minimum Gasteiger partial charge on any atom is -0.497 e. The molecule has 1 aliphatic rings. The molecule has 0 N–H and O–H groups in total. The molecule has 0 saturated carbocycles. The van der Waals surface area contributed by atoms with E-state index in [2.05, 4.69) is 0 Å². The number of morpholine rings is 1. The number of amides is 1. The molecule has 1 amide bonds. The molecule has 1 heterocycles. The maximum absolute atomic E-state index is 12.6. The quantitative estimate of drug-likeness (QED) is 0.851. The van der Waals surface area contributed by atoms with Crippen LogP contribution in [0.3, 0.4) is 0 Å². The lowest BCUT2D eigenvalue weighted by Gasteiger charge is -2.33. The van der Waals surface area contributed by atoms with Crippen molar-refractivity contribution in [3.63, 3.8) is 0 Å². The first kappa shape index (κ1) is 16.8. The summed E-state index contributed by atoms with van der Waals surface area (Å²) in [6.07, 6.45) is 0.200. The second-order valence-electron chi connectivity index (χ2n) is 5.75. The lowest BCUT2D eigenvalue weighted by Crippen LogP contribution is -2.43. The number of benzene rings is 2. The Hall–Kier alpha value is -2.04. The molecule has 1 fully saturated rings. The highest BCUT2D eigenvalue weighted by Crippen LogP contribution is 2.28. The van der Waals surface area contributed by atoms with E-state index < -0.39 is 0 Å². The van der Waals surface area contributed by atoms with Crippen LogP contribution in [0.4, 0.5) is 0 Å². The van der Waals surface area contributed by atoms with E-state index in [1.54, 1.807) is 7.11 Å². The van der Waals surface area contributed by atoms with E-state index in [0.29, 0.717) is 31.1 Å². The van der Waals surface area contributed by atoms with Crippen LogP contribution in [0.2, 0.25) is 5.02 Å². The second-order valence-corrected chi connectivity index (χ2v) is 6.15. The van der Waals surface area contributed by atoms with Gasteiger partial charge in [0.25, 0.3) is 0 Å². The van der Waals surface area contributed by atoms with E-state index in [0.717, 1.165) is 16.9 Å². The minimum absolute atomic E-state index is 0.0977. The average molecular weight is 346 g/mol. The molecule has 3 rings (SSSR count). The van der Waals surface area contributed by atoms with Gasteiger partial charge in [0.1, 0.15) is 11.9 Å². The molecule has 2 aromatic carbocycles. The summed E-state index contributed by atoms with van der Waals surface area (Å²) < 4.78 is 11.0. The van der Waals surface area contributed by atoms with E-state index in [1.807, 2.05) is 53.4 Å². The Labute approximate surface area is 146 Å². The average Bonchev–Trinajstić information content (AvgIpc) is 2.63. The Kier molecular flexibility index (Phi) is 5.38. The summed E-state index contributed by atoms with van der Waals surface area (Å²) in [6.45, 7) is 1.65. The van der Waals surface area contributed by atoms with Crippen LogP contribution in [0.15, 0.2) is 48.5 Å². The summed E-state index contributed by atoms with van der Waals surface area (Å²) in [6, 6.07) is 15.2. The number of carbonyl (C=O) groups is 1. The molecule has 4 nitrogen and oxygen atoms in total. The molecular weight excluding hydrogens is 326 g/mol. The largest absolute Gasteiger partial charge is 0.497 e. The third kappa shape index (κ3) is 3.89. The van der Waals surface area contributed by atoms with Gasteiger partial charge in [-0.25, -0.2) is 0 Å². The first-order chi connectivity index (χ1) is 11.7. The van der Waals surface area contributed by atoms with Crippen LogP contribution in [0.25, 0.3) is 0 Å². The van der Waals surface area contributed by atoms with E-state index >= 15 is 0 Å². The van der Waals surface area contributed by atoms with Gasteiger partial charge in [0.05, 0.1) is 26.7 Å². The Morgan fingerprint density at radius 2 is 2.00 bits per heavy atom. The number of hydrogen-bond acceptors (Lipinski definition) is 3. The maximum Gasteiger partial charge on any atom is 0.227 e. The van der Waals surface area contributed by atoms with Crippen molar-refractivity contribution in [2.45, 2.75) is 12.5 Å². The molecule has 1 unspecified atom stereocenters. The summed E-state index contributed by atoms with van der Waals surface area (Å²) in [5.41, 5.74) is 1.91. The summed E-state index contributed by atoms with van der Waals surface area (Å²) >= 11 is 6.25. The van der Waals surface area contributed by atoms with Crippen LogP contribution in [0.5, 0.6) is 5.75 Å². The zero-order chi connectivity index (χ0) is 16.9. The fraction of sp³-hybridized carbons (Fsp3) is 0.316. The van der Waals surface area contributed by atoms with Crippen molar-refractivity contribution in [1.82, 2.24) is 4.90 Å². The van der Waals surface area contributed by atoms with Gasteiger partial charge < -0.3 is 14.4 Å². The van der Waals surface area contributed by atoms with Gasteiger partial charge in [-0.2, -0.15) is 0 Å². The number of hydrogen-bond donors (Lipinski definition) is 0. The number of rotatable bonds is 4. The predicted molar refractivity (Wildman–Crippen MR) is 93.4 cm³/mol. The van der Waals surface area contributed by atoms with Gasteiger partial charge in [0, 0.05) is 17.1 Å². The number of carbonyl (C=O) groups excluding carboxylic acids is 1. The monoisotopic (exact) mass is 345 g/mol. The third-order valence-corrected chi connectivity index (χ3v) is 4.53. The van der Waals surface area contributed by atoms with Crippen molar-refractivity contribution >= 4 is 17.5 Å². The number of nitrogens with zero attached hydrogens (tertiary/aromatic N) is 1. The molecule has 1 atom stereocenters. The van der Waals surface area contributed by atoms with Gasteiger partial charge >= 0.3 is 0 Å². The third-order valence-electron chi connectivity index (χ3n) is 4.19. The Morgan fingerprint density at radius 1 is 1.25 bits per heavy atom. The lowest BCUT2D eigenvalue weighted by molar-refractivity contribution is -0.138. The SMILES string of the molecule is COc1ccc(CC(=O)N2CCOC(c3ccccc3Cl)C2)cc1. The van der Waals surface area contributed by atoms with Gasteiger partial charge in [-0.15, -0.1) is 0 Å².